The number of aliphatic imine (C=N–C) groups is 1. The number of sulfonamides is 1. The van der Waals surface area contributed by atoms with E-state index >= 15 is 0 Å². The van der Waals surface area contributed by atoms with E-state index in [2.05, 4.69) is 12.2 Å². The van der Waals surface area contributed by atoms with E-state index in [1.165, 1.54) is 14.6 Å². The van der Waals surface area contributed by atoms with Crippen molar-refractivity contribution in [3.05, 3.63) is 69.8 Å². The molecule has 1 aromatic heterocycles. The Hall–Kier alpha value is -3.96. The molecule has 0 unspecified atom stereocenters. The predicted molar refractivity (Wildman–Crippen MR) is 160 cm³/mol. The van der Waals surface area contributed by atoms with Crippen molar-refractivity contribution in [2.75, 3.05) is 25.0 Å². The number of carbonyl (C=O) groups is 2. The number of amidine groups is 1. The predicted octanol–water partition coefficient (Wildman–Crippen LogP) is 4.23. The van der Waals surface area contributed by atoms with Crippen molar-refractivity contribution in [1.82, 2.24) is 9.62 Å². The molecule has 216 valence electrons. The Labute approximate surface area is 239 Å². The third-order valence-electron chi connectivity index (χ3n) is 7.93. The standard InChI is InChI=1S/C30H35N5O5S/c1-5-6-24-17-21-7-8-22(18-26(21)40-24)27-32-28(36)30(33-27)10-12-35(13-11-30)41(38,39)14-9-25-19(2)15-23(16-20(25)3)34(4)29(31)37/h7-9,14-18H,5-6,10-13H2,1-4H3,(H2,31,37)(H,32,33,36)/b14-9+. The van der Waals surface area contributed by atoms with Crippen LogP contribution >= 0.6 is 0 Å². The number of nitrogens with zero attached hydrogens (tertiary/aromatic N) is 3. The fourth-order valence-electron chi connectivity index (χ4n) is 5.48. The van der Waals surface area contributed by atoms with E-state index in [0.717, 1.165) is 51.8 Å². The summed E-state index contributed by atoms with van der Waals surface area (Å²) >= 11 is 0. The van der Waals surface area contributed by atoms with E-state index in [-0.39, 0.29) is 31.8 Å². The van der Waals surface area contributed by atoms with Gasteiger partial charge in [-0.2, -0.15) is 4.31 Å². The lowest BCUT2D eigenvalue weighted by atomic mass is 9.89. The SMILES string of the molecule is CCCc1cc2ccc(C3=NC4(CCN(S(=O)(=O)/C=C/c5c(C)cc(N(C)C(N)=O)cc5C)CC4)C(=O)N3)cc2o1. The van der Waals surface area contributed by atoms with E-state index in [1.807, 2.05) is 38.1 Å². The molecule has 1 fully saturated rings. The number of anilines is 1. The van der Waals surface area contributed by atoms with E-state index in [1.54, 1.807) is 25.3 Å². The van der Waals surface area contributed by atoms with Crippen molar-refractivity contribution in [2.24, 2.45) is 10.7 Å². The number of nitrogens with two attached hydrogens (primary N) is 1. The van der Waals surface area contributed by atoms with E-state index in [0.29, 0.717) is 11.5 Å². The number of benzene rings is 2. The minimum absolute atomic E-state index is 0.175. The molecule has 0 radical (unpaired) electrons. The Morgan fingerprint density at radius 2 is 1.85 bits per heavy atom. The maximum absolute atomic E-state index is 13.2. The quantitative estimate of drug-likeness (QED) is 0.433. The summed E-state index contributed by atoms with van der Waals surface area (Å²) in [4.78, 5) is 30.7. The molecule has 3 aromatic rings. The number of fused-ring (bicyclic) bond motifs is 1. The molecular weight excluding hydrogens is 542 g/mol. The fourth-order valence-corrected chi connectivity index (χ4v) is 6.65. The molecular formula is C30H35N5O5S. The highest BCUT2D eigenvalue weighted by molar-refractivity contribution is 7.92. The lowest BCUT2D eigenvalue weighted by molar-refractivity contribution is -0.124. The highest BCUT2D eigenvalue weighted by Gasteiger charge is 2.47. The number of aryl methyl sites for hydroxylation is 3. The number of piperidine rings is 1. The zero-order valence-electron chi connectivity index (χ0n) is 23.7. The molecule has 10 nitrogen and oxygen atoms in total. The summed E-state index contributed by atoms with van der Waals surface area (Å²) in [7, 11) is -2.15. The van der Waals surface area contributed by atoms with Gasteiger partial charge < -0.3 is 15.5 Å². The number of urea groups is 1. The first-order valence-electron chi connectivity index (χ1n) is 13.7. The van der Waals surface area contributed by atoms with Crippen LogP contribution in [0.4, 0.5) is 10.5 Å². The van der Waals surface area contributed by atoms with Crippen LogP contribution in [-0.4, -0.2) is 56.2 Å². The molecule has 3 heterocycles. The van der Waals surface area contributed by atoms with Gasteiger partial charge in [0, 0.05) is 48.6 Å². The summed E-state index contributed by atoms with van der Waals surface area (Å²) < 4.78 is 33.8. The summed E-state index contributed by atoms with van der Waals surface area (Å²) in [6.45, 7) is 6.15. The molecule has 1 spiro atoms. The van der Waals surface area contributed by atoms with Crippen molar-refractivity contribution >= 4 is 50.5 Å². The van der Waals surface area contributed by atoms with Gasteiger partial charge in [-0.15, -0.1) is 0 Å². The van der Waals surface area contributed by atoms with Crippen LogP contribution in [0.3, 0.4) is 0 Å². The smallest absolute Gasteiger partial charge is 0.318 e. The molecule has 2 aliphatic rings. The van der Waals surface area contributed by atoms with Gasteiger partial charge in [0.1, 0.15) is 22.7 Å². The van der Waals surface area contributed by atoms with Crippen LogP contribution < -0.4 is 16.0 Å². The normalized spacial score (nSPS) is 17.4. The summed E-state index contributed by atoms with van der Waals surface area (Å²) in [5, 5.41) is 5.12. The molecule has 2 aliphatic heterocycles. The topological polar surface area (TPSA) is 138 Å². The van der Waals surface area contributed by atoms with E-state index in [9.17, 15) is 18.0 Å². The van der Waals surface area contributed by atoms with Crippen molar-refractivity contribution in [3.8, 4) is 0 Å². The number of furan rings is 1. The monoisotopic (exact) mass is 577 g/mol. The molecule has 0 saturated carbocycles. The van der Waals surface area contributed by atoms with Crippen LogP contribution in [0.25, 0.3) is 17.0 Å². The van der Waals surface area contributed by atoms with Gasteiger partial charge in [-0.1, -0.05) is 19.1 Å². The van der Waals surface area contributed by atoms with Crippen LogP contribution in [0, 0.1) is 13.8 Å². The van der Waals surface area contributed by atoms with Crippen LogP contribution in [-0.2, 0) is 21.2 Å². The zero-order valence-corrected chi connectivity index (χ0v) is 24.5. The lowest BCUT2D eigenvalue weighted by Gasteiger charge is -2.34. The van der Waals surface area contributed by atoms with Gasteiger partial charge in [0.15, 0.2) is 0 Å². The Bertz CT molecular complexity index is 1670. The second-order valence-corrected chi connectivity index (χ2v) is 12.6. The number of primary amides is 1. The molecule has 0 bridgehead atoms. The van der Waals surface area contributed by atoms with Crippen molar-refractivity contribution in [3.63, 3.8) is 0 Å². The number of amides is 3. The van der Waals surface area contributed by atoms with Gasteiger partial charge in [0.05, 0.1) is 0 Å². The minimum Gasteiger partial charge on any atom is -0.461 e. The highest BCUT2D eigenvalue weighted by Crippen LogP contribution is 2.33. The van der Waals surface area contributed by atoms with Crippen molar-refractivity contribution in [2.45, 2.75) is 52.0 Å². The molecule has 3 amide bonds. The van der Waals surface area contributed by atoms with Gasteiger partial charge in [0.25, 0.3) is 5.91 Å². The van der Waals surface area contributed by atoms with Gasteiger partial charge >= 0.3 is 6.03 Å². The van der Waals surface area contributed by atoms with E-state index < -0.39 is 21.6 Å². The lowest BCUT2D eigenvalue weighted by Crippen LogP contribution is -2.50. The summed E-state index contributed by atoms with van der Waals surface area (Å²) in [5.74, 6) is 1.20. The first kappa shape index (κ1) is 28.6. The van der Waals surface area contributed by atoms with Gasteiger partial charge in [-0.05, 0) is 80.1 Å². The Morgan fingerprint density at radius 1 is 1.17 bits per heavy atom. The largest absolute Gasteiger partial charge is 0.461 e. The minimum atomic E-state index is -3.74. The zero-order chi connectivity index (χ0) is 29.5. The van der Waals surface area contributed by atoms with Crippen molar-refractivity contribution < 1.29 is 22.4 Å². The summed E-state index contributed by atoms with van der Waals surface area (Å²) in [6.07, 6.45) is 3.99. The molecule has 11 heteroatoms. The number of hydrogen-bond acceptors (Lipinski definition) is 6. The Morgan fingerprint density at radius 3 is 2.49 bits per heavy atom. The average Bonchev–Trinajstić information content (AvgIpc) is 3.47. The second-order valence-electron chi connectivity index (χ2n) is 10.8. The van der Waals surface area contributed by atoms with Gasteiger partial charge in [0.2, 0.25) is 10.0 Å². The Kier molecular flexibility index (Phi) is 7.52. The first-order chi connectivity index (χ1) is 19.4. The molecule has 1 saturated heterocycles. The third kappa shape index (κ3) is 5.51. The molecule has 0 atom stereocenters. The third-order valence-corrected chi connectivity index (χ3v) is 9.50. The number of hydrogen-bond donors (Lipinski definition) is 2. The van der Waals surface area contributed by atoms with Crippen LogP contribution in [0.2, 0.25) is 0 Å². The molecule has 5 rings (SSSR count). The van der Waals surface area contributed by atoms with Crippen LogP contribution in [0.5, 0.6) is 0 Å². The number of nitrogens with one attached hydrogen (secondary N) is 1. The van der Waals surface area contributed by atoms with Crippen molar-refractivity contribution in [1.29, 1.82) is 0 Å². The fraction of sp³-hybridized carbons (Fsp3) is 0.367. The van der Waals surface area contributed by atoms with Crippen LogP contribution in [0.15, 0.2) is 51.2 Å². The maximum atomic E-state index is 13.2. The molecule has 41 heavy (non-hydrogen) atoms. The molecule has 2 aromatic carbocycles. The summed E-state index contributed by atoms with van der Waals surface area (Å²) in [6, 6.07) is 10.8. The first-order valence-corrected chi connectivity index (χ1v) is 15.2. The highest BCUT2D eigenvalue weighted by atomic mass is 32.2. The number of rotatable bonds is 7. The van der Waals surface area contributed by atoms with Crippen LogP contribution in [0.1, 0.15) is 54.2 Å². The maximum Gasteiger partial charge on any atom is 0.318 e. The van der Waals surface area contributed by atoms with Gasteiger partial charge in [-0.25, -0.2) is 13.2 Å². The average molecular weight is 578 g/mol. The second kappa shape index (κ2) is 10.8. The summed E-state index contributed by atoms with van der Waals surface area (Å²) in [5.41, 5.74) is 8.91. The molecule has 0 aliphatic carbocycles. The Balaban J connectivity index is 1.30. The van der Waals surface area contributed by atoms with Gasteiger partial charge in [-0.3, -0.25) is 14.7 Å². The molecule has 3 N–H and O–H groups in total. The number of carbonyl (C=O) groups excluding carboxylic acids is 2. The van der Waals surface area contributed by atoms with E-state index in [4.69, 9.17) is 15.1 Å².